The van der Waals surface area contributed by atoms with Gasteiger partial charge < -0.3 is 10.2 Å². The molecule has 0 atom stereocenters. The van der Waals surface area contributed by atoms with E-state index >= 15 is 0 Å². The fraction of sp³-hybridized carbons (Fsp3) is 0.350. The summed E-state index contributed by atoms with van der Waals surface area (Å²) >= 11 is 0. The van der Waals surface area contributed by atoms with E-state index in [0.717, 1.165) is 24.2 Å². The van der Waals surface area contributed by atoms with Gasteiger partial charge >= 0.3 is 6.03 Å². The number of benzene rings is 2. The topological polar surface area (TPSA) is 78.5 Å². The number of hydrogen-bond acceptors (Lipinski definition) is 3. The van der Waals surface area contributed by atoms with Gasteiger partial charge in [0.15, 0.2) is 0 Å². The summed E-state index contributed by atoms with van der Waals surface area (Å²) < 4.78 is 40.4. The summed E-state index contributed by atoms with van der Waals surface area (Å²) in [6, 6.07) is 12.0. The number of nitrogens with zero attached hydrogens (tertiary/aromatic N) is 1. The molecule has 8 heteroatoms. The predicted molar refractivity (Wildman–Crippen MR) is 106 cm³/mol. The summed E-state index contributed by atoms with van der Waals surface area (Å²) in [5, 5.41) is 2.87. The van der Waals surface area contributed by atoms with Crippen LogP contribution < -0.4 is 10.0 Å². The third-order valence-corrected chi connectivity index (χ3v) is 6.38. The first kappa shape index (κ1) is 20.3. The lowest BCUT2D eigenvalue weighted by molar-refractivity contribution is 0.193. The van der Waals surface area contributed by atoms with Gasteiger partial charge in [0.2, 0.25) is 10.0 Å². The number of hydrogen-bond donors (Lipinski definition) is 2. The van der Waals surface area contributed by atoms with Crippen LogP contribution >= 0.6 is 0 Å². The molecule has 6 nitrogen and oxygen atoms in total. The number of piperidine rings is 1. The lowest BCUT2D eigenvalue weighted by Crippen LogP contribution is -2.47. The van der Waals surface area contributed by atoms with E-state index < -0.39 is 15.8 Å². The number of carbonyl (C=O) groups excluding carboxylic acids is 1. The fourth-order valence-corrected chi connectivity index (χ4v) is 4.43. The monoisotopic (exact) mass is 405 g/mol. The number of sulfonamides is 1. The number of carbonyl (C=O) groups is 1. The molecule has 0 radical (unpaired) electrons. The van der Waals surface area contributed by atoms with Gasteiger partial charge in [0.1, 0.15) is 5.82 Å². The second-order valence-electron chi connectivity index (χ2n) is 6.82. The quantitative estimate of drug-likeness (QED) is 0.801. The highest BCUT2D eigenvalue weighted by atomic mass is 32.2. The molecular weight excluding hydrogens is 381 g/mol. The summed E-state index contributed by atoms with van der Waals surface area (Å²) in [7, 11) is -3.71. The third kappa shape index (κ3) is 5.08. The van der Waals surface area contributed by atoms with E-state index in [1.54, 1.807) is 4.90 Å². The Balaban J connectivity index is 1.52. The summed E-state index contributed by atoms with van der Waals surface area (Å²) in [5.41, 5.74) is 1.94. The Morgan fingerprint density at radius 1 is 1.07 bits per heavy atom. The van der Waals surface area contributed by atoms with Crippen molar-refractivity contribution < 1.29 is 17.6 Å². The van der Waals surface area contributed by atoms with Gasteiger partial charge in [-0.1, -0.05) is 19.1 Å². The van der Waals surface area contributed by atoms with Crippen LogP contribution in [0.4, 0.5) is 14.9 Å². The van der Waals surface area contributed by atoms with E-state index in [-0.39, 0.29) is 17.0 Å². The zero-order valence-electron chi connectivity index (χ0n) is 15.7. The fourth-order valence-electron chi connectivity index (χ4n) is 3.13. The molecule has 0 unspecified atom stereocenters. The normalized spacial score (nSPS) is 15.4. The second kappa shape index (κ2) is 8.70. The number of anilines is 1. The Hall–Kier alpha value is -2.45. The molecule has 28 heavy (non-hydrogen) atoms. The molecule has 1 fully saturated rings. The standard InChI is InChI=1S/C20H24FN3O3S/c1-2-15-3-7-17(8-4-15)22-20(25)24-13-11-18(12-14-24)23-28(26,27)19-9-5-16(21)6-10-19/h3-10,18,23H,2,11-14H2,1H3,(H,22,25). The molecule has 3 rings (SSSR count). The molecule has 150 valence electrons. The molecule has 0 spiro atoms. The van der Waals surface area contributed by atoms with Crippen LogP contribution in [0.1, 0.15) is 25.3 Å². The molecule has 1 aliphatic heterocycles. The highest BCUT2D eigenvalue weighted by Crippen LogP contribution is 2.17. The number of amides is 2. The Bertz CT molecular complexity index is 907. The highest BCUT2D eigenvalue weighted by Gasteiger charge is 2.26. The summed E-state index contributed by atoms with van der Waals surface area (Å²) in [4.78, 5) is 14.1. The van der Waals surface area contributed by atoms with E-state index in [1.807, 2.05) is 24.3 Å². The minimum atomic E-state index is -3.71. The Morgan fingerprint density at radius 3 is 2.25 bits per heavy atom. The maximum absolute atomic E-state index is 13.0. The van der Waals surface area contributed by atoms with Gasteiger partial charge in [-0.25, -0.2) is 22.3 Å². The number of aryl methyl sites for hydroxylation is 1. The van der Waals surface area contributed by atoms with Crippen molar-refractivity contribution in [2.75, 3.05) is 18.4 Å². The van der Waals surface area contributed by atoms with Crippen molar-refractivity contribution in [3.63, 3.8) is 0 Å². The van der Waals surface area contributed by atoms with Crippen molar-refractivity contribution in [2.24, 2.45) is 0 Å². The molecular formula is C20H24FN3O3S. The van der Waals surface area contributed by atoms with Gasteiger partial charge in [-0.05, 0) is 61.2 Å². The molecule has 0 bridgehead atoms. The smallest absolute Gasteiger partial charge is 0.321 e. The number of halogens is 1. The van der Waals surface area contributed by atoms with Crippen molar-refractivity contribution >= 4 is 21.7 Å². The van der Waals surface area contributed by atoms with Crippen LogP contribution in [-0.4, -0.2) is 38.5 Å². The Labute approximate surface area is 164 Å². The molecule has 1 saturated heterocycles. The zero-order valence-corrected chi connectivity index (χ0v) is 16.5. The predicted octanol–water partition coefficient (Wildman–Crippen LogP) is 3.36. The van der Waals surface area contributed by atoms with Gasteiger partial charge in [0, 0.05) is 24.8 Å². The van der Waals surface area contributed by atoms with Crippen LogP contribution in [0, 0.1) is 5.82 Å². The van der Waals surface area contributed by atoms with E-state index in [2.05, 4.69) is 17.0 Å². The zero-order chi connectivity index (χ0) is 20.1. The average Bonchev–Trinajstić information content (AvgIpc) is 2.69. The van der Waals surface area contributed by atoms with E-state index in [4.69, 9.17) is 0 Å². The van der Waals surface area contributed by atoms with Crippen LogP contribution in [0.3, 0.4) is 0 Å². The summed E-state index contributed by atoms with van der Waals surface area (Å²) in [5.74, 6) is -0.484. The van der Waals surface area contributed by atoms with Gasteiger partial charge in [-0.2, -0.15) is 0 Å². The molecule has 1 heterocycles. The Morgan fingerprint density at radius 2 is 1.68 bits per heavy atom. The first-order valence-corrected chi connectivity index (χ1v) is 10.8. The summed E-state index contributed by atoms with van der Waals surface area (Å²) in [6.45, 7) is 2.98. The molecule has 0 aromatic heterocycles. The van der Waals surface area contributed by atoms with E-state index in [0.29, 0.717) is 25.9 Å². The van der Waals surface area contributed by atoms with Crippen molar-refractivity contribution in [1.29, 1.82) is 0 Å². The third-order valence-electron chi connectivity index (χ3n) is 4.84. The van der Waals surface area contributed by atoms with Crippen LogP contribution in [0.2, 0.25) is 0 Å². The molecule has 2 N–H and O–H groups in total. The lowest BCUT2D eigenvalue weighted by Gasteiger charge is -2.32. The first-order valence-electron chi connectivity index (χ1n) is 9.30. The van der Waals surface area contributed by atoms with Crippen molar-refractivity contribution in [3.8, 4) is 0 Å². The lowest BCUT2D eigenvalue weighted by atomic mass is 10.1. The second-order valence-corrected chi connectivity index (χ2v) is 8.53. The van der Waals surface area contributed by atoms with Crippen molar-refractivity contribution in [2.45, 2.75) is 37.1 Å². The average molecular weight is 405 g/mol. The molecule has 1 aliphatic rings. The van der Waals surface area contributed by atoms with Gasteiger partial charge in [0.05, 0.1) is 4.90 Å². The van der Waals surface area contributed by atoms with Crippen molar-refractivity contribution in [3.05, 3.63) is 59.9 Å². The Kier molecular flexibility index (Phi) is 6.31. The molecule has 2 amide bonds. The minimum Gasteiger partial charge on any atom is -0.324 e. The molecule has 2 aromatic rings. The minimum absolute atomic E-state index is 0.0320. The SMILES string of the molecule is CCc1ccc(NC(=O)N2CCC(NS(=O)(=O)c3ccc(F)cc3)CC2)cc1. The summed E-state index contributed by atoms with van der Waals surface area (Å²) in [6.07, 6.45) is 1.97. The van der Waals surface area contributed by atoms with Crippen molar-refractivity contribution in [1.82, 2.24) is 9.62 Å². The van der Waals surface area contributed by atoms with Crippen LogP contribution in [0.5, 0.6) is 0 Å². The van der Waals surface area contributed by atoms with Gasteiger partial charge in [-0.15, -0.1) is 0 Å². The van der Waals surface area contributed by atoms with Crippen LogP contribution in [0.15, 0.2) is 53.4 Å². The highest BCUT2D eigenvalue weighted by molar-refractivity contribution is 7.89. The number of urea groups is 1. The van der Waals surface area contributed by atoms with Crippen LogP contribution in [-0.2, 0) is 16.4 Å². The largest absolute Gasteiger partial charge is 0.324 e. The molecule has 0 saturated carbocycles. The van der Waals surface area contributed by atoms with Crippen LogP contribution in [0.25, 0.3) is 0 Å². The maximum atomic E-state index is 13.0. The van der Waals surface area contributed by atoms with E-state index in [1.165, 1.54) is 17.7 Å². The first-order chi connectivity index (χ1) is 13.4. The number of nitrogens with one attached hydrogen (secondary N) is 2. The molecule has 0 aliphatic carbocycles. The van der Waals surface area contributed by atoms with E-state index in [9.17, 15) is 17.6 Å². The number of likely N-dealkylation sites (tertiary alicyclic amines) is 1. The maximum Gasteiger partial charge on any atom is 0.321 e. The van der Waals surface area contributed by atoms with Gasteiger partial charge in [0.25, 0.3) is 0 Å². The number of rotatable bonds is 5. The van der Waals surface area contributed by atoms with Gasteiger partial charge in [-0.3, -0.25) is 0 Å². The molecule has 2 aromatic carbocycles.